The van der Waals surface area contributed by atoms with Crippen molar-refractivity contribution in [3.8, 4) is 0 Å². The number of nitrogens with two attached hydrogens (primary N) is 1. The summed E-state index contributed by atoms with van der Waals surface area (Å²) in [7, 11) is 1.97. The molecule has 0 amide bonds. The average Bonchev–Trinajstić information content (AvgIpc) is 2.61. The molecule has 1 aromatic heterocycles. The number of amidine groups is 1. The van der Waals surface area contributed by atoms with Gasteiger partial charge >= 0.3 is 6.18 Å². The minimum Gasteiger partial charge on any atom is -0.384 e. The van der Waals surface area contributed by atoms with E-state index in [0.717, 1.165) is 25.6 Å². The monoisotopic (exact) mass is 301 g/mol. The molecular formula is C13H18F3N5. The van der Waals surface area contributed by atoms with Crippen molar-refractivity contribution in [2.45, 2.75) is 12.6 Å². The normalized spacial score (nSPS) is 17.6. The fourth-order valence-corrected chi connectivity index (χ4v) is 2.32. The summed E-state index contributed by atoms with van der Waals surface area (Å²) in [5, 5.41) is 7.54. The van der Waals surface area contributed by atoms with Crippen molar-refractivity contribution in [3.63, 3.8) is 0 Å². The number of hydrogen-bond acceptors (Lipinski definition) is 4. The highest BCUT2D eigenvalue weighted by molar-refractivity contribution is 5.99. The predicted octanol–water partition coefficient (Wildman–Crippen LogP) is 1.53. The fourth-order valence-electron chi connectivity index (χ4n) is 2.32. The van der Waals surface area contributed by atoms with Gasteiger partial charge in [0.2, 0.25) is 0 Å². The number of hydrogen-bond donors (Lipinski definition) is 2. The Balaban J connectivity index is 2.40. The summed E-state index contributed by atoms with van der Waals surface area (Å²) in [6, 6.07) is 2.09. The number of halogens is 3. The van der Waals surface area contributed by atoms with Crippen LogP contribution in [-0.4, -0.2) is 48.9 Å². The summed E-state index contributed by atoms with van der Waals surface area (Å²) < 4.78 is 38.5. The van der Waals surface area contributed by atoms with E-state index in [1.54, 1.807) is 4.90 Å². The van der Waals surface area contributed by atoms with Gasteiger partial charge in [-0.05, 0) is 32.1 Å². The molecule has 0 saturated carbocycles. The van der Waals surface area contributed by atoms with Crippen molar-refractivity contribution in [1.82, 2.24) is 9.88 Å². The number of likely N-dealkylation sites (N-methyl/N-ethyl adjacent to an activating group) is 1. The summed E-state index contributed by atoms with van der Waals surface area (Å²) in [5.41, 5.74) is 4.76. The zero-order valence-corrected chi connectivity index (χ0v) is 11.7. The van der Waals surface area contributed by atoms with Crippen LogP contribution in [0, 0.1) is 5.41 Å². The minimum atomic E-state index is -4.51. The summed E-state index contributed by atoms with van der Waals surface area (Å²) >= 11 is 0. The Morgan fingerprint density at radius 1 is 1.24 bits per heavy atom. The van der Waals surface area contributed by atoms with Crippen LogP contribution in [0.1, 0.15) is 17.7 Å². The van der Waals surface area contributed by atoms with Crippen molar-refractivity contribution in [2.24, 2.45) is 5.73 Å². The predicted molar refractivity (Wildman–Crippen MR) is 74.6 cm³/mol. The number of aromatic nitrogens is 1. The minimum absolute atomic E-state index is 0.146. The van der Waals surface area contributed by atoms with E-state index in [-0.39, 0.29) is 17.2 Å². The van der Waals surface area contributed by atoms with Crippen LogP contribution in [0.15, 0.2) is 12.1 Å². The lowest BCUT2D eigenvalue weighted by Gasteiger charge is -2.24. The molecule has 0 atom stereocenters. The van der Waals surface area contributed by atoms with Crippen LogP contribution < -0.4 is 10.6 Å². The Kier molecular flexibility index (Phi) is 4.36. The third kappa shape index (κ3) is 3.63. The zero-order chi connectivity index (χ0) is 15.6. The molecule has 1 saturated heterocycles. The molecule has 1 fully saturated rings. The molecule has 0 bridgehead atoms. The van der Waals surface area contributed by atoms with Crippen LogP contribution >= 0.6 is 0 Å². The fraction of sp³-hybridized carbons (Fsp3) is 0.538. The lowest BCUT2D eigenvalue weighted by Crippen LogP contribution is -2.32. The maximum Gasteiger partial charge on any atom is 0.433 e. The number of nitrogen functional groups attached to an aromatic ring is 1. The first-order chi connectivity index (χ1) is 9.79. The molecule has 116 valence electrons. The second-order valence-electron chi connectivity index (χ2n) is 5.12. The van der Waals surface area contributed by atoms with Crippen LogP contribution in [-0.2, 0) is 6.18 Å². The first kappa shape index (κ1) is 15.6. The van der Waals surface area contributed by atoms with E-state index in [9.17, 15) is 13.2 Å². The van der Waals surface area contributed by atoms with Gasteiger partial charge in [0.1, 0.15) is 17.3 Å². The van der Waals surface area contributed by atoms with Gasteiger partial charge in [-0.1, -0.05) is 0 Å². The highest BCUT2D eigenvalue weighted by Gasteiger charge is 2.34. The lowest BCUT2D eigenvalue weighted by atomic mass is 10.2. The molecule has 5 nitrogen and oxygen atoms in total. The Morgan fingerprint density at radius 3 is 2.57 bits per heavy atom. The Labute approximate surface area is 121 Å². The number of alkyl halides is 3. The van der Waals surface area contributed by atoms with Gasteiger partial charge in [0.15, 0.2) is 0 Å². The largest absolute Gasteiger partial charge is 0.433 e. The summed E-state index contributed by atoms with van der Waals surface area (Å²) in [4.78, 5) is 7.60. The number of anilines is 1. The lowest BCUT2D eigenvalue weighted by molar-refractivity contribution is -0.141. The quantitative estimate of drug-likeness (QED) is 0.642. The molecule has 2 rings (SSSR count). The van der Waals surface area contributed by atoms with E-state index in [2.05, 4.69) is 9.88 Å². The molecular weight excluding hydrogens is 283 g/mol. The van der Waals surface area contributed by atoms with Gasteiger partial charge in [-0.25, -0.2) is 4.98 Å². The van der Waals surface area contributed by atoms with Gasteiger partial charge < -0.3 is 15.5 Å². The van der Waals surface area contributed by atoms with Gasteiger partial charge in [0.25, 0.3) is 0 Å². The van der Waals surface area contributed by atoms with Gasteiger partial charge in [0.05, 0.1) is 5.56 Å². The van der Waals surface area contributed by atoms with Gasteiger partial charge in [-0.15, -0.1) is 0 Å². The summed E-state index contributed by atoms with van der Waals surface area (Å²) in [6.45, 7) is 2.77. The molecule has 0 unspecified atom stereocenters. The van der Waals surface area contributed by atoms with E-state index in [1.807, 2.05) is 7.05 Å². The third-order valence-electron chi connectivity index (χ3n) is 3.47. The molecule has 1 aliphatic rings. The highest BCUT2D eigenvalue weighted by atomic mass is 19.4. The maximum atomic E-state index is 12.8. The second-order valence-corrected chi connectivity index (χ2v) is 5.12. The van der Waals surface area contributed by atoms with Crippen LogP contribution in [0.25, 0.3) is 0 Å². The van der Waals surface area contributed by atoms with E-state index < -0.39 is 11.9 Å². The van der Waals surface area contributed by atoms with E-state index >= 15 is 0 Å². The first-order valence-electron chi connectivity index (χ1n) is 6.65. The van der Waals surface area contributed by atoms with Gasteiger partial charge in [-0.2, -0.15) is 13.2 Å². The van der Waals surface area contributed by atoms with Gasteiger partial charge in [-0.3, -0.25) is 5.41 Å². The van der Waals surface area contributed by atoms with Crippen LogP contribution in [0.4, 0.5) is 19.0 Å². The SMILES string of the molecule is CN1CCCN(c2nc(C(F)(F)F)ccc2C(=N)N)CC1. The third-order valence-corrected chi connectivity index (χ3v) is 3.47. The molecule has 1 aromatic rings. The molecule has 1 aliphatic heterocycles. The highest BCUT2D eigenvalue weighted by Crippen LogP contribution is 2.30. The summed E-state index contributed by atoms with van der Waals surface area (Å²) in [6.07, 6.45) is -3.68. The topological polar surface area (TPSA) is 69.2 Å². The van der Waals surface area contributed by atoms with Gasteiger partial charge in [0, 0.05) is 19.6 Å². The van der Waals surface area contributed by atoms with Crippen LogP contribution in [0.2, 0.25) is 0 Å². The van der Waals surface area contributed by atoms with Crippen LogP contribution in [0.5, 0.6) is 0 Å². The molecule has 0 aromatic carbocycles. The molecule has 2 heterocycles. The average molecular weight is 301 g/mol. The smallest absolute Gasteiger partial charge is 0.384 e. The van der Waals surface area contributed by atoms with Crippen LogP contribution in [0.3, 0.4) is 0 Å². The standard InChI is InChI=1S/C13H18F3N5/c1-20-5-2-6-21(8-7-20)12-9(11(17)18)3-4-10(19-12)13(14,15)16/h3-4H,2,5-8H2,1H3,(H3,17,18). The zero-order valence-electron chi connectivity index (χ0n) is 11.7. The summed E-state index contributed by atoms with van der Waals surface area (Å²) in [5.74, 6) is -0.128. The number of rotatable bonds is 2. The van der Waals surface area contributed by atoms with Crippen molar-refractivity contribution in [2.75, 3.05) is 38.1 Å². The van der Waals surface area contributed by atoms with Crippen molar-refractivity contribution < 1.29 is 13.2 Å². The van der Waals surface area contributed by atoms with Crippen molar-refractivity contribution >= 4 is 11.7 Å². The Bertz CT molecular complexity index is 529. The molecule has 3 N–H and O–H groups in total. The number of nitrogens with zero attached hydrogens (tertiary/aromatic N) is 3. The van der Waals surface area contributed by atoms with Crippen molar-refractivity contribution in [1.29, 1.82) is 5.41 Å². The van der Waals surface area contributed by atoms with E-state index in [4.69, 9.17) is 11.1 Å². The number of pyridine rings is 1. The molecule has 0 radical (unpaired) electrons. The maximum absolute atomic E-state index is 12.8. The molecule has 21 heavy (non-hydrogen) atoms. The molecule has 0 aliphatic carbocycles. The van der Waals surface area contributed by atoms with Crippen molar-refractivity contribution in [3.05, 3.63) is 23.4 Å². The molecule has 8 heteroatoms. The Morgan fingerprint density at radius 2 is 1.95 bits per heavy atom. The second kappa shape index (κ2) is 5.88. The number of nitrogens with one attached hydrogen (secondary N) is 1. The Hall–Kier alpha value is -1.83. The van der Waals surface area contributed by atoms with E-state index in [0.29, 0.717) is 13.1 Å². The van der Waals surface area contributed by atoms with E-state index in [1.165, 1.54) is 6.07 Å². The first-order valence-corrected chi connectivity index (χ1v) is 6.65. The molecule has 0 spiro atoms.